The fourth-order valence-corrected chi connectivity index (χ4v) is 3.42. The molecule has 0 aromatic heterocycles. The Bertz CT molecular complexity index is 762. The van der Waals surface area contributed by atoms with Gasteiger partial charge in [-0.1, -0.05) is 42.5 Å². The molecule has 0 spiro atoms. The minimum absolute atomic E-state index is 0.261. The van der Waals surface area contributed by atoms with E-state index in [4.69, 9.17) is 0 Å². The monoisotopic (exact) mass is 376 g/mol. The molecule has 0 unspecified atom stereocenters. The van der Waals surface area contributed by atoms with Crippen LogP contribution in [0, 0.1) is 0 Å². The second kappa shape index (κ2) is 8.57. The number of carbonyl (C=O) groups is 1. The van der Waals surface area contributed by atoms with Crippen LogP contribution in [-0.4, -0.2) is 48.4 Å². The van der Waals surface area contributed by atoms with E-state index in [0.29, 0.717) is 19.6 Å². The maximum absolute atomic E-state index is 13.2. The van der Waals surface area contributed by atoms with Crippen molar-refractivity contribution in [1.82, 2.24) is 9.80 Å². The highest BCUT2D eigenvalue weighted by atomic mass is 19.4. The van der Waals surface area contributed by atoms with Gasteiger partial charge in [0.1, 0.15) is 0 Å². The molecule has 2 aromatic rings. The zero-order valence-electron chi connectivity index (χ0n) is 15.1. The Morgan fingerprint density at radius 1 is 0.889 bits per heavy atom. The van der Waals surface area contributed by atoms with Gasteiger partial charge in [-0.2, -0.15) is 13.2 Å². The molecule has 1 amide bonds. The summed E-state index contributed by atoms with van der Waals surface area (Å²) < 4.78 is 39.6. The van der Waals surface area contributed by atoms with Gasteiger partial charge in [-0.05, 0) is 37.1 Å². The molecule has 6 heteroatoms. The number of amides is 1. The predicted octanol–water partition coefficient (Wildman–Crippen LogP) is 4.10. The van der Waals surface area contributed by atoms with E-state index in [2.05, 4.69) is 17.0 Å². The van der Waals surface area contributed by atoms with Gasteiger partial charge in [0.25, 0.3) is 5.91 Å². The molecule has 0 bridgehead atoms. The summed E-state index contributed by atoms with van der Waals surface area (Å²) in [5.41, 5.74) is 0.136. The Kier molecular flexibility index (Phi) is 6.16. The average molecular weight is 376 g/mol. The van der Waals surface area contributed by atoms with E-state index in [9.17, 15) is 18.0 Å². The van der Waals surface area contributed by atoms with Crippen molar-refractivity contribution in [3.63, 3.8) is 0 Å². The molecule has 1 heterocycles. The van der Waals surface area contributed by atoms with E-state index < -0.39 is 17.6 Å². The quantitative estimate of drug-likeness (QED) is 0.802. The fourth-order valence-electron chi connectivity index (χ4n) is 3.42. The number of rotatable bonds is 4. The molecule has 0 N–H and O–H groups in total. The van der Waals surface area contributed by atoms with Crippen LogP contribution >= 0.6 is 0 Å². The Balaban J connectivity index is 1.62. The number of benzene rings is 2. The first-order valence-corrected chi connectivity index (χ1v) is 9.17. The molecule has 3 rings (SSSR count). The number of alkyl halides is 3. The first kappa shape index (κ1) is 19.4. The molecule has 3 nitrogen and oxygen atoms in total. The summed E-state index contributed by atoms with van der Waals surface area (Å²) in [4.78, 5) is 16.5. The highest BCUT2D eigenvalue weighted by molar-refractivity contribution is 5.96. The van der Waals surface area contributed by atoms with Crippen LogP contribution in [0.15, 0.2) is 54.6 Å². The molecule has 1 aliphatic heterocycles. The SMILES string of the molecule is O=C(c1ccccc1C(F)(F)F)N1CCCN(CCc2ccccc2)CC1. The van der Waals surface area contributed by atoms with E-state index in [-0.39, 0.29) is 5.56 Å². The first-order chi connectivity index (χ1) is 12.9. The number of halogens is 3. The van der Waals surface area contributed by atoms with Crippen LogP contribution in [0.1, 0.15) is 27.9 Å². The number of nitrogens with zero attached hydrogens (tertiary/aromatic N) is 2. The number of hydrogen-bond donors (Lipinski definition) is 0. The number of carbonyl (C=O) groups excluding carboxylic acids is 1. The molecular weight excluding hydrogens is 353 g/mol. The topological polar surface area (TPSA) is 23.6 Å². The smallest absolute Gasteiger partial charge is 0.337 e. The van der Waals surface area contributed by atoms with Gasteiger partial charge < -0.3 is 9.80 Å². The molecule has 27 heavy (non-hydrogen) atoms. The van der Waals surface area contributed by atoms with Crippen molar-refractivity contribution in [2.75, 3.05) is 32.7 Å². The third-order valence-electron chi connectivity index (χ3n) is 4.90. The zero-order valence-corrected chi connectivity index (χ0v) is 15.1. The lowest BCUT2D eigenvalue weighted by molar-refractivity contribution is -0.138. The minimum atomic E-state index is -4.53. The Morgan fingerprint density at radius 2 is 1.59 bits per heavy atom. The molecule has 0 radical (unpaired) electrons. The van der Waals surface area contributed by atoms with Crippen molar-refractivity contribution in [2.24, 2.45) is 0 Å². The summed E-state index contributed by atoms with van der Waals surface area (Å²) in [6.07, 6.45) is -2.85. The van der Waals surface area contributed by atoms with Gasteiger partial charge in [0.15, 0.2) is 0 Å². The average Bonchev–Trinajstić information content (AvgIpc) is 2.92. The van der Waals surface area contributed by atoms with Crippen LogP contribution in [0.25, 0.3) is 0 Å². The predicted molar refractivity (Wildman–Crippen MR) is 98.6 cm³/mol. The van der Waals surface area contributed by atoms with Crippen molar-refractivity contribution in [2.45, 2.75) is 19.0 Å². The van der Waals surface area contributed by atoms with E-state index in [1.807, 2.05) is 18.2 Å². The Labute approximate surface area is 157 Å². The van der Waals surface area contributed by atoms with Crippen molar-refractivity contribution >= 4 is 5.91 Å². The van der Waals surface area contributed by atoms with Gasteiger partial charge >= 0.3 is 6.18 Å². The van der Waals surface area contributed by atoms with Crippen LogP contribution in [0.2, 0.25) is 0 Å². The molecule has 1 aliphatic rings. The van der Waals surface area contributed by atoms with Gasteiger partial charge in [-0.25, -0.2) is 0 Å². The highest BCUT2D eigenvalue weighted by Gasteiger charge is 2.36. The van der Waals surface area contributed by atoms with Gasteiger partial charge in [0.2, 0.25) is 0 Å². The molecule has 1 saturated heterocycles. The summed E-state index contributed by atoms with van der Waals surface area (Å²) >= 11 is 0. The van der Waals surface area contributed by atoms with E-state index in [0.717, 1.165) is 32.0 Å². The maximum Gasteiger partial charge on any atom is 0.417 e. The van der Waals surface area contributed by atoms with Crippen LogP contribution < -0.4 is 0 Å². The molecule has 2 aromatic carbocycles. The van der Waals surface area contributed by atoms with E-state index >= 15 is 0 Å². The highest BCUT2D eigenvalue weighted by Crippen LogP contribution is 2.32. The third-order valence-corrected chi connectivity index (χ3v) is 4.90. The summed E-state index contributed by atoms with van der Waals surface area (Å²) in [7, 11) is 0. The molecule has 0 saturated carbocycles. The molecule has 1 fully saturated rings. The fraction of sp³-hybridized carbons (Fsp3) is 0.381. The summed E-state index contributed by atoms with van der Waals surface area (Å²) in [5, 5.41) is 0. The van der Waals surface area contributed by atoms with Crippen molar-refractivity contribution in [3.05, 3.63) is 71.3 Å². The lowest BCUT2D eigenvalue weighted by atomic mass is 10.1. The Morgan fingerprint density at radius 3 is 2.33 bits per heavy atom. The van der Waals surface area contributed by atoms with Gasteiger partial charge in [-0.15, -0.1) is 0 Å². The van der Waals surface area contributed by atoms with Crippen LogP contribution in [0.5, 0.6) is 0 Å². The standard InChI is InChI=1S/C21H23F3N2O/c22-21(23,24)19-10-5-4-9-18(19)20(27)26-13-6-12-25(15-16-26)14-11-17-7-2-1-3-8-17/h1-5,7-10H,6,11-16H2. The largest absolute Gasteiger partial charge is 0.417 e. The summed E-state index contributed by atoms with van der Waals surface area (Å²) in [6, 6.07) is 15.2. The zero-order chi connectivity index (χ0) is 19.3. The minimum Gasteiger partial charge on any atom is -0.337 e. The van der Waals surface area contributed by atoms with Gasteiger partial charge in [0, 0.05) is 26.2 Å². The second-order valence-electron chi connectivity index (χ2n) is 6.77. The second-order valence-corrected chi connectivity index (χ2v) is 6.77. The molecule has 0 aliphatic carbocycles. The normalized spacial score (nSPS) is 16.2. The Hall–Kier alpha value is -2.34. The van der Waals surface area contributed by atoms with E-state index in [1.165, 1.54) is 23.8 Å². The summed E-state index contributed by atoms with van der Waals surface area (Å²) in [5.74, 6) is -0.534. The van der Waals surface area contributed by atoms with Gasteiger partial charge in [-0.3, -0.25) is 4.79 Å². The number of hydrogen-bond acceptors (Lipinski definition) is 2. The lowest BCUT2D eigenvalue weighted by Crippen LogP contribution is -2.36. The maximum atomic E-state index is 13.2. The van der Waals surface area contributed by atoms with Crippen molar-refractivity contribution in [3.8, 4) is 0 Å². The lowest BCUT2D eigenvalue weighted by Gasteiger charge is -2.23. The van der Waals surface area contributed by atoms with Crippen LogP contribution in [0.4, 0.5) is 13.2 Å². The molecule has 144 valence electrons. The molecular formula is C21H23F3N2O. The van der Waals surface area contributed by atoms with Crippen molar-refractivity contribution in [1.29, 1.82) is 0 Å². The van der Waals surface area contributed by atoms with Gasteiger partial charge in [0.05, 0.1) is 11.1 Å². The summed E-state index contributed by atoms with van der Waals surface area (Å²) in [6.45, 7) is 3.32. The third kappa shape index (κ3) is 5.10. The van der Waals surface area contributed by atoms with Crippen molar-refractivity contribution < 1.29 is 18.0 Å². The van der Waals surface area contributed by atoms with Crippen LogP contribution in [-0.2, 0) is 12.6 Å². The van der Waals surface area contributed by atoms with E-state index in [1.54, 1.807) is 4.90 Å². The van der Waals surface area contributed by atoms with Crippen LogP contribution in [0.3, 0.4) is 0 Å². The first-order valence-electron chi connectivity index (χ1n) is 9.17. The molecule has 0 atom stereocenters.